The van der Waals surface area contributed by atoms with E-state index in [1.807, 2.05) is 36.4 Å². The van der Waals surface area contributed by atoms with Crippen molar-refractivity contribution in [3.63, 3.8) is 0 Å². The Morgan fingerprint density at radius 2 is 1.41 bits per heavy atom. The zero-order valence-corrected chi connectivity index (χ0v) is 15.6. The van der Waals surface area contributed by atoms with Crippen molar-refractivity contribution in [2.45, 2.75) is 6.92 Å². The van der Waals surface area contributed by atoms with Crippen LogP contribution in [0.1, 0.15) is 27.8 Å². The number of fused-ring (bicyclic) bond motifs is 1. The van der Waals surface area contributed by atoms with Crippen LogP contribution < -0.4 is 10.9 Å². The lowest BCUT2D eigenvalue weighted by Gasteiger charge is -2.12. The number of carbonyl (C=O) groups excluding carboxylic acids is 2. The van der Waals surface area contributed by atoms with Gasteiger partial charge in [-0.25, -0.2) is 4.79 Å². The third-order valence-electron chi connectivity index (χ3n) is 4.66. The molecule has 1 amide bonds. The van der Waals surface area contributed by atoms with Gasteiger partial charge in [-0.15, -0.1) is 0 Å². The first-order valence-corrected chi connectivity index (χ1v) is 9.08. The van der Waals surface area contributed by atoms with Crippen LogP contribution >= 0.6 is 0 Å². The fraction of sp³-hybridized carbons (Fsp3) is 0.0417. The number of hydrogen-bond acceptors (Lipinski definition) is 4. The molecule has 4 aromatic rings. The summed E-state index contributed by atoms with van der Waals surface area (Å²) in [5.41, 5.74) is 1.79. The van der Waals surface area contributed by atoms with E-state index in [1.54, 1.807) is 42.5 Å². The highest BCUT2D eigenvalue weighted by atomic mass is 16.4. The van der Waals surface area contributed by atoms with E-state index in [4.69, 9.17) is 4.42 Å². The quantitative estimate of drug-likeness (QED) is 0.508. The van der Waals surface area contributed by atoms with Gasteiger partial charge in [0, 0.05) is 22.2 Å². The van der Waals surface area contributed by atoms with Gasteiger partial charge in [0.05, 0.1) is 5.39 Å². The third kappa shape index (κ3) is 3.58. The van der Waals surface area contributed by atoms with E-state index < -0.39 is 11.5 Å². The molecular formula is C24H17NO4. The highest BCUT2D eigenvalue weighted by Crippen LogP contribution is 2.31. The van der Waals surface area contributed by atoms with Gasteiger partial charge >= 0.3 is 5.63 Å². The Balaban J connectivity index is 1.83. The second-order valence-corrected chi connectivity index (χ2v) is 6.59. The minimum Gasteiger partial charge on any atom is -0.416 e. The second-order valence-electron chi connectivity index (χ2n) is 6.59. The van der Waals surface area contributed by atoms with Crippen LogP contribution in [0.2, 0.25) is 0 Å². The van der Waals surface area contributed by atoms with E-state index >= 15 is 0 Å². The summed E-state index contributed by atoms with van der Waals surface area (Å²) in [5, 5.41) is 3.80. The fourth-order valence-electron chi connectivity index (χ4n) is 3.23. The van der Waals surface area contributed by atoms with E-state index in [0.717, 1.165) is 5.56 Å². The van der Waals surface area contributed by atoms with Gasteiger partial charge in [0.25, 0.3) is 5.91 Å². The van der Waals surface area contributed by atoms with Crippen molar-refractivity contribution >= 4 is 28.2 Å². The van der Waals surface area contributed by atoms with Gasteiger partial charge in [0.2, 0.25) is 5.76 Å². The normalized spacial score (nSPS) is 10.7. The number of amides is 1. The molecule has 1 aromatic heterocycles. The minimum absolute atomic E-state index is 0.0597. The van der Waals surface area contributed by atoms with Crippen molar-refractivity contribution in [3.8, 4) is 11.1 Å². The predicted molar refractivity (Wildman–Crippen MR) is 112 cm³/mol. The molecule has 5 heteroatoms. The van der Waals surface area contributed by atoms with Gasteiger partial charge in [0.15, 0.2) is 5.78 Å². The van der Waals surface area contributed by atoms with Crippen LogP contribution in [0.25, 0.3) is 21.9 Å². The average molecular weight is 383 g/mol. The number of nitrogens with one attached hydrogen (secondary N) is 1. The van der Waals surface area contributed by atoms with E-state index in [9.17, 15) is 14.4 Å². The molecule has 142 valence electrons. The summed E-state index contributed by atoms with van der Waals surface area (Å²) in [7, 11) is 0. The molecule has 0 aliphatic carbocycles. The predicted octanol–water partition coefficient (Wildman–Crippen LogP) is 4.91. The third-order valence-corrected chi connectivity index (χ3v) is 4.66. The van der Waals surface area contributed by atoms with Gasteiger partial charge in [-0.2, -0.15) is 0 Å². The smallest absolute Gasteiger partial charge is 0.344 e. The Hall–Kier alpha value is -3.99. The molecule has 1 heterocycles. The first-order chi connectivity index (χ1) is 14.0. The Bertz CT molecular complexity index is 1270. The Morgan fingerprint density at radius 1 is 0.793 bits per heavy atom. The Labute approximate surface area is 166 Å². The molecule has 3 aromatic carbocycles. The Morgan fingerprint density at radius 3 is 2.07 bits per heavy atom. The SMILES string of the molecule is CC(=O)c1ccc(NC(=O)c2oc(=O)c3ccccc3c2-c2ccccc2)cc1. The van der Waals surface area contributed by atoms with Crippen LogP contribution in [0.3, 0.4) is 0 Å². The average Bonchev–Trinajstić information content (AvgIpc) is 2.74. The maximum atomic E-state index is 13.0. The highest BCUT2D eigenvalue weighted by Gasteiger charge is 2.21. The molecule has 0 bridgehead atoms. The molecule has 0 saturated heterocycles. The molecule has 0 aliphatic heterocycles. The summed E-state index contributed by atoms with van der Waals surface area (Å²) in [6.07, 6.45) is 0. The van der Waals surface area contributed by atoms with E-state index in [0.29, 0.717) is 27.6 Å². The Kier molecular flexibility index (Phi) is 4.79. The molecule has 0 spiro atoms. The number of rotatable bonds is 4. The van der Waals surface area contributed by atoms with Gasteiger partial charge in [-0.05, 0) is 42.8 Å². The first kappa shape index (κ1) is 18.4. The van der Waals surface area contributed by atoms with Crippen molar-refractivity contribution in [1.29, 1.82) is 0 Å². The lowest BCUT2D eigenvalue weighted by atomic mass is 9.98. The molecule has 5 nitrogen and oxygen atoms in total. The van der Waals surface area contributed by atoms with Crippen molar-refractivity contribution in [2.75, 3.05) is 5.32 Å². The molecule has 29 heavy (non-hydrogen) atoms. The second kappa shape index (κ2) is 7.56. The van der Waals surface area contributed by atoms with Crippen molar-refractivity contribution in [3.05, 3.63) is 101 Å². The molecule has 0 fully saturated rings. The van der Waals surface area contributed by atoms with Crippen molar-refractivity contribution in [2.24, 2.45) is 0 Å². The van der Waals surface area contributed by atoms with Gasteiger partial charge in [0.1, 0.15) is 0 Å². The zero-order valence-electron chi connectivity index (χ0n) is 15.6. The summed E-state index contributed by atoms with van der Waals surface area (Å²) in [6.45, 7) is 1.48. The van der Waals surface area contributed by atoms with Crippen LogP contribution in [-0.4, -0.2) is 11.7 Å². The number of benzene rings is 3. The van der Waals surface area contributed by atoms with Crippen LogP contribution in [0, 0.1) is 0 Å². The first-order valence-electron chi connectivity index (χ1n) is 9.08. The van der Waals surface area contributed by atoms with Gasteiger partial charge < -0.3 is 9.73 Å². The van der Waals surface area contributed by atoms with Gasteiger partial charge in [-0.1, -0.05) is 48.5 Å². The lowest BCUT2D eigenvalue weighted by Crippen LogP contribution is -2.17. The van der Waals surface area contributed by atoms with E-state index in [2.05, 4.69) is 5.32 Å². The molecule has 0 aliphatic rings. The number of Topliss-reactive ketones (excluding diaryl/α,β-unsaturated/α-hetero) is 1. The van der Waals surface area contributed by atoms with E-state index in [1.165, 1.54) is 6.92 Å². The van der Waals surface area contributed by atoms with Crippen molar-refractivity contribution < 1.29 is 14.0 Å². The topological polar surface area (TPSA) is 76.4 Å². The maximum Gasteiger partial charge on any atom is 0.344 e. The number of ketones is 1. The zero-order chi connectivity index (χ0) is 20.4. The molecule has 0 atom stereocenters. The molecule has 0 unspecified atom stereocenters. The summed E-state index contributed by atoms with van der Waals surface area (Å²) in [5.74, 6) is -0.660. The largest absolute Gasteiger partial charge is 0.416 e. The molecule has 0 saturated carbocycles. The summed E-state index contributed by atoms with van der Waals surface area (Å²) in [4.78, 5) is 36.9. The maximum absolute atomic E-state index is 13.0. The summed E-state index contributed by atoms with van der Waals surface area (Å²) < 4.78 is 5.45. The monoisotopic (exact) mass is 383 g/mol. The van der Waals surface area contributed by atoms with Crippen LogP contribution in [0.15, 0.2) is 88.1 Å². The highest BCUT2D eigenvalue weighted by molar-refractivity contribution is 6.11. The van der Waals surface area contributed by atoms with Crippen molar-refractivity contribution in [1.82, 2.24) is 0 Å². The van der Waals surface area contributed by atoms with Crippen LogP contribution in [-0.2, 0) is 0 Å². The van der Waals surface area contributed by atoms with Crippen LogP contribution in [0.5, 0.6) is 0 Å². The van der Waals surface area contributed by atoms with Crippen LogP contribution in [0.4, 0.5) is 5.69 Å². The minimum atomic E-state index is -0.572. The molecular weight excluding hydrogens is 366 g/mol. The number of hydrogen-bond donors (Lipinski definition) is 1. The molecule has 0 radical (unpaired) electrons. The number of carbonyl (C=O) groups is 2. The lowest BCUT2D eigenvalue weighted by molar-refractivity contribution is 0.0992. The number of anilines is 1. The standard InChI is InChI=1S/C24H17NO4/c1-15(26)16-11-13-18(14-12-16)25-23(27)22-21(17-7-3-2-4-8-17)19-9-5-6-10-20(19)24(28)29-22/h2-14H,1H3,(H,25,27). The van der Waals surface area contributed by atoms with Gasteiger partial charge in [-0.3, -0.25) is 9.59 Å². The summed E-state index contributed by atoms with van der Waals surface area (Å²) in [6, 6.07) is 22.9. The summed E-state index contributed by atoms with van der Waals surface area (Å²) >= 11 is 0. The van der Waals surface area contributed by atoms with E-state index in [-0.39, 0.29) is 11.5 Å². The molecule has 4 rings (SSSR count). The fourth-order valence-corrected chi connectivity index (χ4v) is 3.23. The molecule has 1 N–H and O–H groups in total.